The molecule has 0 saturated carbocycles. The molecule has 1 heterocycles. The van der Waals surface area contributed by atoms with Crippen molar-refractivity contribution in [2.45, 2.75) is 19.3 Å². The minimum atomic E-state index is -2.89. The van der Waals surface area contributed by atoms with Crippen molar-refractivity contribution in [1.82, 2.24) is 4.98 Å². The van der Waals surface area contributed by atoms with Gasteiger partial charge in [-0.2, -0.15) is 0 Å². The third-order valence-electron chi connectivity index (χ3n) is 2.71. The van der Waals surface area contributed by atoms with Gasteiger partial charge in [0.15, 0.2) is 0 Å². The van der Waals surface area contributed by atoms with Crippen molar-refractivity contribution in [1.29, 1.82) is 0 Å². The summed E-state index contributed by atoms with van der Waals surface area (Å²) in [6, 6.07) is 7.36. The Morgan fingerprint density at radius 3 is 2.60 bits per heavy atom. The first-order chi connectivity index (χ1) is 9.42. The van der Waals surface area contributed by atoms with E-state index in [1.807, 2.05) is 0 Å². The van der Waals surface area contributed by atoms with E-state index >= 15 is 0 Å². The molecule has 106 valence electrons. The summed E-state index contributed by atoms with van der Waals surface area (Å²) in [5.41, 5.74) is -0.124. The molecule has 2 nitrogen and oxygen atoms in total. The van der Waals surface area contributed by atoms with Gasteiger partial charge in [-0.3, -0.25) is 0 Å². The van der Waals surface area contributed by atoms with E-state index in [0.29, 0.717) is 5.88 Å². The Kier molecular flexibility index (Phi) is 4.60. The number of pyridine rings is 1. The lowest BCUT2D eigenvalue weighted by atomic mass is 10.1. The monoisotopic (exact) mass is 361 g/mol. The van der Waals surface area contributed by atoms with Crippen LogP contribution in [-0.4, -0.2) is 4.98 Å². The molecule has 20 heavy (non-hydrogen) atoms. The Hall–Kier alpha value is -1.20. The third-order valence-corrected chi connectivity index (χ3v) is 3.48. The average Bonchev–Trinajstić information content (AvgIpc) is 2.43. The van der Waals surface area contributed by atoms with Crippen LogP contribution >= 0.6 is 27.5 Å². The summed E-state index contributed by atoms with van der Waals surface area (Å²) in [6.45, 7) is 1.42. The molecule has 0 spiro atoms. The first-order valence-electron chi connectivity index (χ1n) is 5.89. The molecule has 1 aromatic heterocycles. The van der Waals surface area contributed by atoms with Crippen LogP contribution in [0.15, 0.2) is 41.0 Å². The van der Waals surface area contributed by atoms with Crippen LogP contribution in [0.4, 0.5) is 8.78 Å². The Morgan fingerprint density at radius 2 is 2.05 bits per heavy atom. The van der Waals surface area contributed by atoms with Crippen LogP contribution in [0.3, 0.4) is 0 Å². The van der Waals surface area contributed by atoms with Crippen LogP contribution < -0.4 is 4.74 Å². The molecule has 0 fully saturated rings. The van der Waals surface area contributed by atoms with Gasteiger partial charge in [-0.25, -0.2) is 13.8 Å². The number of benzene rings is 1. The van der Waals surface area contributed by atoms with E-state index in [2.05, 4.69) is 20.9 Å². The van der Waals surface area contributed by atoms with Crippen LogP contribution in [0.5, 0.6) is 11.6 Å². The van der Waals surface area contributed by atoms with Gasteiger partial charge in [-0.15, -0.1) is 0 Å². The highest BCUT2D eigenvalue weighted by Crippen LogP contribution is 2.37. The van der Waals surface area contributed by atoms with Gasteiger partial charge in [0.05, 0.1) is 5.02 Å². The summed E-state index contributed by atoms with van der Waals surface area (Å²) in [6.07, 6.45) is 1.29. The highest BCUT2D eigenvalue weighted by atomic mass is 79.9. The molecule has 1 aromatic carbocycles. The van der Waals surface area contributed by atoms with E-state index in [1.165, 1.54) is 25.1 Å². The number of nitrogens with zero attached hydrogens (tertiary/aromatic N) is 1. The fourth-order valence-electron chi connectivity index (χ4n) is 1.55. The first kappa shape index (κ1) is 15.2. The van der Waals surface area contributed by atoms with Gasteiger partial charge in [0.1, 0.15) is 5.75 Å². The fraction of sp³-hybridized carbons (Fsp3) is 0.214. The van der Waals surface area contributed by atoms with Crippen molar-refractivity contribution in [2.24, 2.45) is 0 Å². The molecule has 2 rings (SSSR count). The van der Waals surface area contributed by atoms with Gasteiger partial charge in [-0.05, 0) is 40.2 Å². The van der Waals surface area contributed by atoms with Gasteiger partial charge in [0, 0.05) is 28.7 Å². The number of aromatic nitrogens is 1. The Labute approximate surface area is 128 Å². The lowest BCUT2D eigenvalue weighted by Crippen LogP contribution is -2.11. The van der Waals surface area contributed by atoms with E-state index in [4.69, 9.17) is 16.3 Å². The first-order valence-corrected chi connectivity index (χ1v) is 7.06. The Bertz CT molecular complexity index is 605. The molecule has 0 saturated heterocycles. The number of hydrogen-bond donors (Lipinski definition) is 0. The lowest BCUT2D eigenvalue weighted by molar-refractivity contribution is -0.00830. The molecular formula is C14H11BrClF2NO. The average molecular weight is 363 g/mol. The number of rotatable bonds is 4. The largest absolute Gasteiger partial charge is 0.437 e. The highest BCUT2D eigenvalue weighted by Gasteiger charge is 2.29. The van der Waals surface area contributed by atoms with Crippen molar-refractivity contribution < 1.29 is 13.5 Å². The van der Waals surface area contributed by atoms with Crippen LogP contribution in [0, 0.1) is 0 Å². The molecule has 0 aliphatic heterocycles. The summed E-state index contributed by atoms with van der Waals surface area (Å²) in [5, 5.41) is 0.125. The molecule has 0 aliphatic carbocycles. The van der Waals surface area contributed by atoms with Crippen molar-refractivity contribution in [3.63, 3.8) is 0 Å². The Morgan fingerprint density at radius 1 is 1.30 bits per heavy atom. The van der Waals surface area contributed by atoms with Crippen LogP contribution in [0.1, 0.15) is 18.9 Å². The van der Waals surface area contributed by atoms with Gasteiger partial charge in [-0.1, -0.05) is 18.5 Å². The van der Waals surface area contributed by atoms with Crippen molar-refractivity contribution >= 4 is 27.5 Å². The van der Waals surface area contributed by atoms with Crippen LogP contribution in [0.2, 0.25) is 5.02 Å². The van der Waals surface area contributed by atoms with Gasteiger partial charge < -0.3 is 4.74 Å². The van der Waals surface area contributed by atoms with E-state index in [9.17, 15) is 8.78 Å². The fourth-order valence-corrected chi connectivity index (χ4v) is 2.00. The summed E-state index contributed by atoms with van der Waals surface area (Å²) in [7, 11) is 0. The van der Waals surface area contributed by atoms with E-state index in [-0.39, 0.29) is 22.8 Å². The van der Waals surface area contributed by atoms with Crippen LogP contribution in [-0.2, 0) is 5.92 Å². The molecular weight excluding hydrogens is 352 g/mol. The number of alkyl halides is 2. The molecule has 0 bridgehead atoms. The minimum absolute atomic E-state index is 0.124. The zero-order valence-electron chi connectivity index (χ0n) is 10.5. The molecule has 0 N–H and O–H groups in total. The maximum Gasteiger partial charge on any atom is 0.273 e. The SMILES string of the molecule is CCC(F)(F)c1ccc(Oc2ccc(Br)cn2)c(Cl)c1. The van der Waals surface area contributed by atoms with Gasteiger partial charge in [0.2, 0.25) is 5.88 Å². The highest BCUT2D eigenvalue weighted by molar-refractivity contribution is 9.10. The summed E-state index contributed by atoms with van der Waals surface area (Å²) < 4.78 is 33.4. The van der Waals surface area contributed by atoms with Gasteiger partial charge >= 0.3 is 0 Å². The predicted octanol–water partition coefficient (Wildman–Crippen LogP) is 5.79. The maximum atomic E-state index is 13.6. The predicted molar refractivity (Wildman–Crippen MR) is 77.6 cm³/mol. The minimum Gasteiger partial charge on any atom is -0.437 e. The smallest absolute Gasteiger partial charge is 0.273 e. The summed E-state index contributed by atoms with van der Waals surface area (Å²) >= 11 is 9.24. The Balaban J connectivity index is 2.24. The van der Waals surface area contributed by atoms with Crippen molar-refractivity contribution in [3.05, 3.63) is 51.6 Å². The second kappa shape index (κ2) is 6.06. The number of hydrogen-bond acceptors (Lipinski definition) is 2. The zero-order valence-corrected chi connectivity index (χ0v) is 12.9. The zero-order chi connectivity index (χ0) is 14.8. The molecule has 0 atom stereocenters. The number of ether oxygens (including phenoxy) is 1. The molecule has 0 unspecified atom stereocenters. The van der Waals surface area contributed by atoms with Crippen molar-refractivity contribution in [2.75, 3.05) is 0 Å². The summed E-state index contributed by atoms with van der Waals surface area (Å²) in [4.78, 5) is 4.03. The van der Waals surface area contributed by atoms with Crippen molar-refractivity contribution in [3.8, 4) is 11.6 Å². The normalized spacial score (nSPS) is 11.4. The lowest BCUT2D eigenvalue weighted by Gasteiger charge is -2.15. The molecule has 2 aromatic rings. The standard InChI is InChI=1S/C14H11BrClF2NO/c1-2-14(17,18)9-3-5-12(11(16)7-9)20-13-6-4-10(15)8-19-13/h3-8H,2H2,1H3. The number of halogens is 4. The van der Waals surface area contributed by atoms with E-state index in [0.717, 1.165) is 4.47 Å². The molecule has 0 amide bonds. The van der Waals surface area contributed by atoms with E-state index in [1.54, 1.807) is 18.3 Å². The quantitative estimate of drug-likeness (QED) is 0.686. The molecule has 0 aliphatic rings. The third kappa shape index (κ3) is 3.46. The second-order valence-electron chi connectivity index (χ2n) is 4.12. The molecule has 0 radical (unpaired) electrons. The maximum absolute atomic E-state index is 13.6. The second-order valence-corrected chi connectivity index (χ2v) is 5.44. The van der Waals surface area contributed by atoms with E-state index < -0.39 is 5.92 Å². The van der Waals surface area contributed by atoms with Gasteiger partial charge in [0.25, 0.3) is 5.92 Å². The van der Waals surface area contributed by atoms with Crippen LogP contribution in [0.25, 0.3) is 0 Å². The summed E-state index contributed by atoms with van der Waals surface area (Å²) in [5.74, 6) is -2.26. The molecule has 6 heteroatoms. The topological polar surface area (TPSA) is 22.1 Å².